The maximum absolute atomic E-state index is 13.1. The predicted octanol–water partition coefficient (Wildman–Crippen LogP) is 0.410. The normalized spacial score (nSPS) is 14.7. The summed E-state index contributed by atoms with van der Waals surface area (Å²) in [6.07, 6.45) is -1.91. The minimum atomic E-state index is -1.91. The lowest BCUT2D eigenvalue weighted by Gasteiger charge is -2.16. The topological polar surface area (TPSA) is 83.6 Å². The SMILES string of the molecule is N[C@@H](C(=O)O)[C@@H](O)c1c(F)cccc1F. The Morgan fingerprint density at radius 1 is 1.33 bits per heavy atom. The average molecular weight is 217 g/mol. The van der Waals surface area contributed by atoms with Crippen LogP contribution in [0.1, 0.15) is 11.7 Å². The number of benzene rings is 1. The van der Waals surface area contributed by atoms with Crippen LogP contribution in [-0.4, -0.2) is 22.2 Å². The second-order valence-electron chi connectivity index (χ2n) is 2.94. The van der Waals surface area contributed by atoms with Gasteiger partial charge in [0, 0.05) is 0 Å². The lowest BCUT2D eigenvalue weighted by Crippen LogP contribution is -2.37. The molecule has 0 saturated carbocycles. The highest BCUT2D eigenvalue weighted by atomic mass is 19.1. The molecule has 15 heavy (non-hydrogen) atoms. The van der Waals surface area contributed by atoms with Crippen LogP contribution < -0.4 is 5.73 Å². The Morgan fingerprint density at radius 3 is 2.20 bits per heavy atom. The van der Waals surface area contributed by atoms with Gasteiger partial charge in [-0.15, -0.1) is 0 Å². The summed E-state index contributed by atoms with van der Waals surface area (Å²) in [5.41, 5.74) is 4.32. The molecule has 0 radical (unpaired) electrons. The highest BCUT2D eigenvalue weighted by Gasteiger charge is 2.28. The number of halogens is 2. The van der Waals surface area contributed by atoms with E-state index in [1.807, 2.05) is 0 Å². The number of rotatable bonds is 3. The number of hydrogen-bond acceptors (Lipinski definition) is 3. The summed E-state index contributed by atoms with van der Waals surface area (Å²) < 4.78 is 26.2. The summed E-state index contributed by atoms with van der Waals surface area (Å²) in [5, 5.41) is 17.8. The van der Waals surface area contributed by atoms with Gasteiger partial charge in [0.2, 0.25) is 0 Å². The van der Waals surface area contributed by atoms with Crippen LogP contribution >= 0.6 is 0 Å². The molecule has 0 aliphatic carbocycles. The molecule has 0 spiro atoms. The number of carbonyl (C=O) groups is 1. The standard InChI is InChI=1S/C9H9F2NO3/c10-4-2-1-3-5(11)6(4)8(13)7(12)9(14)15/h1-3,7-8,13H,12H2,(H,14,15)/t7-,8+/m1/s1. The van der Waals surface area contributed by atoms with Gasteiger partial charge in [-0.2, -0.15) is 0 Å². The quantitative estimate of drug-likeness (QED) is 0.684. The molecule has 6 heteroatoms. The monoisotopic (exact) mass is 217 g/mol. The van der Waals surface area contributed by atoms with Gasteiger partial charge in [0.1, 0.15) is 23.8 Å². The van der Waals surface area contributed by atoms with Crippen molar-refractivity contribution >= 4 is 5.97 Å². The van der Waals surface area contributed by atoms with E-state index >= 15 is 0 Å². The highest BCUT2D eigenvalue weighted by molar-refractivity contribution is 5.74. The summed E-state index contributed by atoms with van der Waals surface area (Å²) >= 11 is 0. The molecule has 2 atom stereocenters. The van der Waals surface area contributed by atoms with Gasteiger partial charge in [0.15, 0.2) is 0 Å². The van der Waals surface area contributed by atoms with E-state index in [1.165, 1.54) is 0 Å². The van der Waals surface area contributed by atoms with Crippen LogP contribution in [0, 0.1) is 11.6 Å². The van der Waals surface area contributed by atoms with Gasteiger partial charge in [-0.3, -0.25) is 4.79 Å². The Morgan fingerprint density at radius 2 is 1.80 bits per heavy atom. The summed E-state index contributed by atoms with van der Waals surface area (Å²) in [4.78, 5) is 10.4. The first kappa shape index (κ1) is 11.5. The van der Waals surface area contributed by atoms with Gasteiger partial charge in [-0.1, -0.05) is 6.07 Å². The first-order valence-electron chi connectivity index (χ1n) is 4.05. The minimum absolute atomic E-state index is 0.729. The Kier molecular flexibility index (Phi) is 3.33. The molecule has 82 valence electrons. The Hall–Kier alpha value is -1.53. The molecule has 0 aromatic heterocycles. The van der Waals surface area contributed by atoms with Gasteiger partial charge in [0.05, 0.1) is 5.56 Å². The molecule has 0 aliphatic rings. The molecular formula is C9H9F2NO3. The summed E-state index contributed by atoms with van der Waals surface area (Å²) in [6, 6.07) is 1.16. The number of nitrogens with two attached hydrogens (primary N) is 1. The maximum atomic E-state index is 13.1. The van der Waals surface area contributed by atoms with Crippen molar-refractivity contribution in [3.8, 4) is 0 Å². The van der Waals surface area contributed by atoms with Crippen LogP contribution in [0.2, 0.25) is 0 Å². The van der Waals surface area contributed by atoms with Crippen molar-refractivity contribution in [1.82, 2.24) is 0 Å². The zero-order chi connectivity index (χ0) is 11.6. The van der Waals surface area contributed by atoms with Crippen molar-refractivity contribution in [3.05, 3.63) is 35.4 Å². The predicted molar refractivity (Wildman–Crippen MR) is 46.9 cm³/mol. The Bertz CT molecular complexity index is 363. The first-order valence-corrected chi connectivity index (χ1v) is 4.05. The second-order valence-corrected chi connectivity index (χ2v) is 2.94. The molecule has 1 aromatic rings. The number of aliphatic hydroxyl groups is 1. The van der Waals surface area contributed by atoms with Crippen LogP contribution in [0.4, 0.5) is 8.78 Å². The lowest BCUT2D eigenvalue weighted by atomic mass is 10.0. The van der Waals surface area contributed by atoms with Crippen molar-refractivity contribution in [1.29, 1.82) is 0 Å². The van der Waals surface area contributed by atoms with E-state index in [-0.39, 0.29) is 0 Å². The zero-order valence-electron chi connectivity index (χ0n) is 7.52. The van der Waals surface area contributed by atoms with E-state index in [0.29, 0.717) is 0 Å². The van der Waals surface area contributed by atoms with Crippen LogP contribution in [0.15, 0.2) is 18.2 Å². The van der Waals surface area contributed by atoms with E-state index in [2.05, 4.69) is 0 Å². The molecular weight excluding hydrogens is 208 g/mol. The largest absolute Gasteiger partial charge is 0.480 e. The van der Waals surface area contributed by atoms with Crippen molar-refractivity contribution in [3.63, 3.8) is 0 Å². The third kappa shape index (κ3) is 2.28. The third-order valence-corrected chi connectivity index (χ3v) is 1.92. The van der Waals surface area contributed by atoms with Gasteiger partial charge >= 0.3 is 5.97 Å². The fourth-order valence-corrected chi connectivity index (χ4v) is 1.11. The van der Waals surface area contributed by atoms with E-state index < -0.39 is 35.3 Å². The number of aliphatic hydroxyl groups excluding tert-OH is 1. The maximum Gasteiger partial charge on any atom is 0.323 e. The molecule has 0 amide bonds. The molecule has 1 aromatic carbocycles. The number of carboxylic acid groups (broad SMARTS) is 1. The van der Waals surface area contributed by atoms with E-state index in [1.54, 1.807) is 0 Å². The van der Waals surface area contributed by atoms with Gasteiger partial charge in [-0.25, -0.2) is 8.78 Å². The molecule has 0 unspecified atom stereocenters. The van der Waals surface area contributed by atoms with E-state index in [9.17, 15) is 18.7 Å². The molecule has 1 rings (SSSR count). The van der Waals surface area contributed by atoms with Crippen molar-refractivity contribution in [2.24, 2.45) is 5.73 Å². The van der Waals surface area contributed by atoms with Gasteiger partial charge < -0.3 is 15.9 Å². The highest BCUT2D eigenvalue weighted by Crippen LogP contribution is 2.22. The minimum Gasteiger partial charge on any atom is -0.480 e. The molecule has 4 N–H and O–H groups in total. The smallest absolute Gasteiger partial charge is 0.323 e. The molecule has 0 bridgehead atoms. The zero-order valence-corrected chi connectivity index (χ0v) is 7.52. The van der Waals surface area contributed by atoms with Gasteiger partial charge in [-0.05, 0) is 12.1 Å². The average Bonchev–Trinajstić information content (AvgIpc) is 2.15. The first-order chi connectivity index (χ1) is 6.95. The van der Waals surface area contributed by atoms with Crippen molar-refractivity contribution in [2.75, 3.05) is 0 Å². The fraction of sp³-hybridized carbons (Fsp3) is 0.222. The van der Waals surface area contributed by atoms with Crippen LogP contribution in [0.25, 0.3) is 0 Å². The molecule has 0 fully saturated rings. The van der Waals surface area contributed by atoms with E-state index in [0.717, 1.165) is 18.2 Å². The Balaban J connectivity index is 3.10. The second kappa shape index (κ2) is 4.33. The number of carboxylic acids is 1. The summed E-state index contributed by atoms with van der Waals surface area (Å²) in [6.45, 7) is 0. The lowest BCUT2D eigenvalue weighted by molar-refractivity contribution is -0.141. The third-order valence-electron chi connectivity index (χ3n) is 1.92. The van der Waals surface area contributed by atoms with Crippen molar-refractivity contribution in [2.45, 2.75) is 12.1 Å². The summed E-state index contributed by atoms with van der Waals surface area (Å²) in [7, 11) is 0. The molecule has 0 heterocycles. The number of hydrogen-bond donors (Lipinski definition) is 3. The molecule has 0 saturated heterocycles. The van der Waals surface area contributed by atoms with Crippen LogP contribution in [0.5, 0.6) is 0 Å². The summed E-state index contributed by atoms with van der Waals surface area (Å²) in [5.74, 6) is -3.59. The number of aliphatic carboxylic acids is 1. The molecule has 0 aliphatic heterocycles. The van der Waals surface area contributed by atoms with Gasteiger partial charge in [0.25, 0.3) is 0 Å². The fourth-order valence-electron chi connectivity index (χ4n) is 1.11. The molecule has 4 nitrogen and oxygen atoms in total. The van der Waals surface area contributed by atoms with E-state index in [4.69, 9.17) is 10.8 Å². The van der Waals surface area contributed by atoms with Crippen LogP contribution in [-0.2, 0) is 4.79 Å². The Labute approximate surface area is 83.9 Å². The van der Waals surface area contributed by atoms with Crippen molar-refractivity contribution < 1.29 is 23.8 Å². The van der Waals surface area contributed by atoms with Crippen LogP contribution in [0.3, 0.4) is 0 Å².